The minimum absolute atomic E-state index is 0.367. The van der Waals surface area contributed by atoms with Crippen molar-refractivity contribution in [2.75, 3.05) is 11.9 Å². The number of aromatic nitrogens is 2. The van der Waals surface area contributed by atoms with Crippen molar-refractivity contribution in [2.45, 2.75) is 39.2 Å². The molecule has 1 atom stereocenters. The van der Waals surface area contributed by atoms with Crippen LogP contribution in [-0.4, -0.2) is 16.3 Å². The zero-order valence-corrected chi connectivity index (χ0v) is 11.9. The van der Waals surface area contributed by atoms with E-state index in [1.807, 2.05) is 6.92 Å². The van der Waals surface area contributed by atoms with E-state index in [1.54, 1.807) is 0 Å². The van der Waals surface area contributed by atoms with E-state index in [2.05, 4.69) is 59.3 Å². The molecule has 19 heavy (non-hydrogen) atoms. The van der Waals surface area contributed by atoms with Crippen molar-refractivity contribution in [2.24, 2.45) is 0 Å². The molecule has 100 valence electrons. The minimum Gasteiger partial charge on any atom is -0.370 e. The third kappa shape index (κ3) is 2.25. The zero-order chi connectivity index (χ0) is 13.4. The molecule has 1 unspecified atom stereocenters. The van der Waals surface area contributed by atoms with Gasteiger partial charge in [0.2, 0.25) is 0 Å². The fourth-order valence-corrected chi connectivity index (χ4v) is 2.76. The lowest BCUT2D eigenvalue weighted by atomic mass is 9.97. The smallest absolute Gasteiger partial charge is 0.125 e. The molecule has 1 aromatic heterocycles. The Morgan fingerprint density at radius 1 is 1.26 bits per heavy atom. The van der Waals surface area contributed by atoms with Crippen LogP contribution in [0.2, 0.25) is 0 Å². The average molecular weight is 255 g/mol. The second-order valence-corrected chi connectivity index (χ2v) is 5.67. The molecule has 2 aromatic rings. The van der Waals surface area contributed by atoms with E-state index >= 15 is 0 Å². The summed E-state index contributed by atoms with van der Waals surface area (Å²) in [5, 5.41) is 8.03. The summed E-state index contributed by atoms with van der Waals surface area (Å²) in [5.41, 5.74) is 3.83. The Labute approximate surface area is 114 Å². The van der Waals surface area contributed by atoms with E-state index in [0.29, 0.717) is 12.0 Å². The van der Waals surface area contributed by atoms with Crippen molar-refractivity contribution >= 4 is 5.82 Å². The van der Waals surface area contributed by atoms with E-state index < -0.39 is 0 Å². The van der Waals surface area contributed by atoms with Crippen molar-refractivity contribution in [3.63, 3.8) is 0 Å². The molecule has 1 N–H and O–H groups in total. The van der Waals surface area contributed by atoms with Crippen LogP contribution in [0.5, 0.6) is 0 Å². The molecule has 0 aliphatic carbocycles. The van der Waals surface area contributed by atoms with Crippen molar-refractivity contribution in [3.8, 4) is 0 Å². The first kappa shape index (κ1) is 12.3. The summed E-state index contributed by atoms with van der Waals surface area (Å²) in [4.78, 5) is 0. The fourth-order valence-electron chi connectivity index (χ4n) is 2.76. The largest absolute Gasteiger partial charge is 0.370 e. The predicted molar refractivity (Wildman–Crippen MR) is 78.7 cm³/mol. The number of fused-ring (bicyclic) bond motifs is 1. The molecule has 0 saturated carbocycles. The number of anilines is 1. The molecule has 3 rings (SSSR count). The molecular formula is C16H21N3. The van der Waals surface area contributed by atoms with Gasteiger partial charge in [0.15, 0.2) is 0 Å². The molecule has 1 aliphatic rings. The Kier molecular flexibility index (Phi) is 3.05. The molecule has 0 amide bonds. The van der Waals surface area contributed by atoms with Crippen LogP contribution in [0.3, 0.4) is 0 Å². The van der Waals surface area contributed by atoms with Gasteiger partial charge in [-0.15, -0.1) is 0 Å². The van der Waals surface area contributed by atoms with E-state index in [-0.39, 0.29) is 0 Å². The van der Waals surface area contributed by atoms with Crippen molar-refractivity contribution < 1.29 is 0 Å². The fraction of sp³-hybridized carbons (Fsp3) is 0.438. The quantitative estimate of drug-likeness (QED) is 0.886. The highest BCUT2D eigenvalue weighted by atomic mass is 15.4. The molecule has 0 saturated heterocycles. The second kappa shape index (κ2) is 4.72. The summed E-state index contributed by atoms with van der Waals surface area (Å²) >= 11 is 0. The molecule has 0 radical (unpaired) electrons. The maximum absolute atomic E-state index is 4.62. The lowest BCUT2D eigenvalue weighted by Gasteiger charge is -2.26. The molecule has 3 heteroatoms. The van der Waals surface area contributed by atoms with Crippen LogP contribution in [-0.2, 0) is 0 Å². The lowest BCUT2D eigenvalue weighted by molar-refractivity contribution is 0.479. The monoisotopic (exact) mass is 255 g/mol. The van der Waals surface area contributed by atoms with Crippen LogP contribution >= 0.6 is 0 Å². The zero-order valence-electron chi connectivity index (χ0n) is 11.9. The Bertz CT molecular complexity index is 566. The van der Waals surface area contributed by atoms with Gasteiger partial charge < -0.3 is 5.32 Å². The van der Waals surface area contributed by atoms with Gasteiger partial charge in [0.25, 0.3) is 0 Å². The number of nitrogens with one attached hydrogen (secondary N) is 1. The van der Waals surface area contributed by atoms with Gasteiger partial charge in [0.1, 0.15) is 5.82 Å². The number of rotatable bonds is 2. The highest BCUT2D eigenvalue weighted by Crippen LogP contribution is 2.30. The molecule has 1 aromatic carbocycles. The third-order valence-corrected chi connectivity index (χ3v) is 3.86. The lowest BCUT2D eigenvalue weighted by Crippen LogP contribution is -2.24. The van der Waals surface area contributed by atoms with E-state index in [0.717, 1.165) is 24.5 Å². The topological polar surface area (TPSA) is 29.9 Å². The Hall–Kier alpha value is -1.77. The molecule has 2 heterocycles. The predicted octanol–water partition coefficient (Wildman–Crippen LogP) is 3.72. The molecule has 3 nitrogen and oxygen atoms in total. The first-order chi connectivity index (χ1) is 9.15. The van der Waals surface area contributed by atoms with Gasteiger partial charge in [0.05, 0.1) is 11.7 Å². The maximum atomic E-state index is 4.62. The minimum atomic E-state index is 0.367. The first-order valence-electron chi connectivity index (χ1n) is 7.05. The van der Waals surface area contributed by atoms with Crippen LogP contribution in [0.25, 0.3) is 0 Å². The van der Waals surface area contributed by atoms with Gasteiger partial charge in [-0.3, -0.25) is 0 Å². The van der Waals surface area contributed by atoms with Gasteiger partial charge in [-0.1, -0.05) is 38.1 Å². The third-order valence-electron chi connectivity index (χ3n) is 3.86. The standard InChI is InChI=1S/C16H21N3/c1-11(2)13-4-6-14(7-5-13)15-8-9-17-16-10-12(3)18-19(15)16/h4-7,10-11,15,17H,8-9H2,1-3H3. The Morgan fingerprint density at radius 3 is 2.68 bits per heavy atom. The van der Waals surface area contributed by atoms with Gasteiger partial charge in [-0.05, 0) is 30.4 Å². The van der Waals surface area contributed by atoms with Crippen LogP contribution in [0.1, 0.15) is 49.0 Å². The normalized spacial score (nSPS) is 18.2. The highest BCUT2D eigenvalue weighted by Gasteiger charge is 2.22. The van der Waals surface area contributed by atoms with Crippen LogP contribution in [0, 0.1) is 6.92 Å². The van der Waals surface area contributed by atoms with Gasteiger partial charge >= 0.3 is 0 Å². The number of hydrogen-bond donors (Lipinski definition) is 1. The van der Waals surface area contributed by atoms with E-state index in [4.69, 9.17) is 0 Å². The Morgan fingerprint density at radius 2 is 2.00 bits per heavy atom. The average Bonchev–Trinajstić information content (AvgIpc) is 2.78. The van der Waals surface area contributed by atoms with Gasteiger partial charge in [-0.25, -0.2) is 4.68 Å². The number of hydrogen-bond acceptors (Lipinski definition) is 2. The Balaban J connectivity index is 1.94. The summed E-state index contributed by atoms with van der Waals surface area (Å²) in [7, 11) is 0. The molecule has 0 bridgehead atoms. The number of aryl methyl sites for hydroxylation is 1. The maximum Gasteiger partial charge on any atom is 0.125 e. The number of benzene rings is 1. The van der Waals surface area contributed by atoms with E-state index in [1.165, 1.54) is 11.1 Å². The summed E-state index contributed by atoms with van der Waals surface area (Å²) in [6, 6.07) is 11.5. The SMILES string of the molecule is Cc1cc2n(n1)C(c1ccc(C(C)C)cc1)CCN2. The first-order valence-corrected chi connectivity index (χ1v) is 7.05. The summed E-state index contributed by atoms with van der Waals surface area (Å²) < 4.78 is 2.13. The molecular weight excluding hydrogens is 234 g/mol. The van der Waals surface area contributed by atoms with Crippen molar-refractivity contribution in [1.82, 2.24) is 9.78 Å². The summed E-state index contributed by atoms with van der Waals surface area (Å²) in [5.74, 6) is 1.73. The van der Waals surface area contributed by atoms with Crippen molar-refractivity contribution in [3.05, 3.63) is 47.2 Å². The molecule has 1 aliphatic heterocycles. The van der Waals surface area contributed by atoms with E-state index in [9.17, 15) is 0 Å². The molecule has 0 fully saturated rings. The van der Waals surface area contributed by atoms with Crippen LogP contribution in [0.4, 0.5) is 5.82 Å². The van der Waals surface area contributed by atoms with Crippen LogP contribution < -0.4 is 5.32 Å². The second-order valence-electron chi connectivity index (χ2n) is 5.67. The summed E-state index contributed by atoms with van der Waals surface area (Å²) in [6.45, 7) is 7.52. The van der Waals surface area contributed by atoms with Gasteiger partial charge in [0, 0.05) is 12.6 Å². The van der Waals surface area contributed by atoms with Gasteiger partial charge in [-0.2, -0.15) is 5.10 Å². The van der Waals surface area contributed by atoms with Crippen molar-refractivity contribution in [1.29, 1.82) is 0 Å². The summed E-state index contributed by atoms with van der Waals surface area (Å²) in [6.07, 6.45) is 1.09. The molecule has 0 spiro atoms. The van der Waals surface area contributed by atoms with Crippen LogP contribution in [0.15, 0.2) is 30.3 Å². The number of nitrogens with zero attached hydrogens (tertiary/aromatic N) is 2. The highest BCUT2D eigenvalue weighted by molar-refractivity contribution is 5.41.